The number of aromatic amines is 1. The molecule has 0 saturated heterocycles. The highest BCUT2D eigenvalue weighted by molar-refractivity contribution is 5.87. The van der Waals surface area contributed by atoms with E-state index in [4.69, 9.17) is 14.6 Å². The van der Waals surface area contributed by atoms with Gasteiger partial charge in [0.05, 0.1) is 12.5 Å². The van der Waals surface area contributed by atoms with Crippen molar-refractivity contribution in [2.75, 3.05) is 0 Å². The first-order valence-corrected chi connectivity index (χ1v) is 8.21. The third-order valence-electron chi connectivity index (χ3n) is 3.76. The van der Waals surface area contributed by atoms with Crippen LogP contribution in [0.3, 0.4) is 0 Å². The van der Waals surface area contributed by atoms with Gasteiger partial charge in [-0.2, -0.15) is 0 Å². The summed E-state index contributed by atoms with van der Waals surface area (Å²) >= 11 is 0. The normalized spacial score (nSPS) is 11.0. The molecule has 0 saturated carbocycles. The van der Waals surface area contributed by atoms with Crippen molar-refractivity contribution in [3.05, 3.63) is 59.8 Å². The van der Waals surface area contributed by atoms with Crippen molar-refractivity contribution in [2.45, 2.75) is 33.0 Å². The minimum atomic E-state index is -0.853. The second-order valence-electron chi connectivity index (χ2n) is 6.19. The zero-order valence-electron chi connectivity index (χ0n) is 14.3. The Labute approximate surface area is 146 Å². The van der Waals surface area contributed by atoms with E-state index in [1.807, 2.05) is 56.3 Å². The van der Waals surface area contributed by atoms with Crippen LogP contribution in [0.1, 0.15) is 25.0 Å². The minimum absolute atomic E-state index is 0.0158. The van der Waals surface area contributed by atoms with Gasteiger partial charge in [0.1, 0.15) is 18.1 Å². The maximum Gasteiger partial charge on any atom is 0.307 e. The van der Waals surface area contributed by atoms with Gasteiger partial charge in [-0.15, -0.1) is 0 Å². The molecule has 0 aliphatic rings. The first-order chi connectivity index (χ1) is 12.0. The number of hydrogen-bond donors (Lipinski definition) is 2. The zero-order valence-corrected chi connectivity index (χ0v) is 14.3. The SMILES string of the molecule is CC(C)Oc1cccc(COc2ccc3[nH]cc(CC(=O)O)c3c2)c1. The van der Waals surface area contributed by atoms with E-state index in [1.165, 1.54) is 0 Å². The van der Waals surface area contributed by atoms with E-state index in [0.29, 0.717) is 12.4 Å². The molecule has 5 nitrogen and oxygen atoms in total. The van der Waals surface area contributed by atoms with Crippen LogP contribution in [-0.4, -0.2) is 22.2 Å². The van der Waals surface area contributed by atoms with Gasteiger partial charge < -0.3 is 19.6 Å². The van der Waals surface area contributed by atoms with Gasteiger partial charge in [0.2, 0.25) is 0 Å². The maximum absolute atomic E-state index is 11.0. The van der Waals surface area contributed by atoms with Crippen LogP contribution in [-0.2, 0) is 17.8 Å². The summed E-state index contributed by atoms with van der Waals surface area (Å²) in [7, 11) is 0. The number of benzene rings is 2. The number of ether oxygens (including phenoxy) is 2. The van der Waals surface area contributed by atoms with Crippen molar-refractivity contribution in [1.29, 1.82) is 0 Å². The van der Waals surface area contributed by atoms with Gasteiger partial charge in [-0.3, -0.25) is 4.79 Å². The third kappa shape index (κ3) is 4.32. The minimum Gasteiger partial charge on any atom is -0.491 e. The second kappa shape index (κ2) is 7.30. The van der Waals surface area contributed by atoms with E-state index < -0.39 is 5.97 Å². The van der Waals surface area contributed by atoms with Gasteiger partial charge in [-0.25, -0.2) is 0 Å². The second-order valence-corrected chi connectivity index (χ2v) is 6.19. The highest BCUT2D eigenvalue weighted by Gasteiger charge is 2.09. The average Bonchev–Trinajstić information content (AvgIpc) is 2.94. The fourth-order valence-electron chi connectivity index (χ4n) is 2.70. The number of carboxylic acids is 1. The molecule has 5 heteroatoms. The Morgan fingerprint density at radius 1 is 1.16 bits per heavy atom. The van der Waals surface area contributed by atoms with Gasteiger partial charge in [-0.05, 0) is 55.3 Å². The summed E-state index contributed by atoms with van der Waals surface area (Å²) < 4.78 is 11.6. The summed E-state index contributed by atoms with van der Waals surface area (Å²) in [6.45, 7) is 4.40. The predicted molar refractivity (Wildman–Crippen MR) is 96.2 cm³/mol. The van der Waals surface area contributed by atoms with Crippen molar-refractivity contribution in [3.63, 3.8) is 0 Å². The first kappa shape index (κ1) is 16.9. The van der Waals surface area contributed by atoms with E-state index in [0.717, 1.165) is 27.8 Å². The van der Waals surface area contributed by atoms with E-state index in [-0.39, 0.29) is 12.5 Å². The lowest BCUT2D eigenvalue weighted by molar-refractivity contribution is -0.136. The fraction of sp³-hybridized carbons (Fsp3) is 0.250. The molecular weight excluding hydrogens is 318 g/mol. The lowest BCUT2D eigenvalue weighted by Crippen LogP contribution is -2.06. The van der Waals surface area contributed by atoms with Crippen molar-refractivity contribution in [3.8, 4) is 11.5 Å². The number of aromatic nitrogens is 1. The van der Waals surface area contributed by atoms with Gasteiger partial charge in [0.25, 0.3) is 0 Å². The number of fused-ring (bicyclic) bond motifs is 1. The van der Waals surface area contributed by atoms with Gasteiger partial charge in [-0.1, -0.05) is 12.1 Å². The standard InChI is InChI=1S/C20H21NO4/c1-13(2)25-17-5-3-4-14(8-17)12-24-16-6-7-19-18(10-16)15(11-21-19)9-20(22)23/h3-8,10-11,13,21H,9,12H2,1-2H3,(H,22,23). The first-order valence-electron chi connectivity index (χ1n) is 8.21. The predicted octanol–water partition coefficient (Wildman–Crippen LogP) is 4.16. The van der Waals surface area contributed by atoms with Crippen molar-refractivity contribution >= 4 is 16.9 Å². The Bertz CT molecular complexity index is 882. The maximum atomic E-state index is 11.0. The smallest absolute Gasteiger partial charge is 0.307 e. The summed E-state index contributed by atoms with van der Waals surface area (Å²) in [4.78, 5) is 14.0. The molecule has 0 fully saturated rings. The van der Waals surface area contributed by atoms with E-state index in [9.17, 15) is 4.79 Å². The number of hydrogen-bond acceptors (Lipinski definition) is 3. The molecule has 2 N–H and O–H groups in total. The topological polar surface area (TPSA) is 71.5 Å². The molecule has 0 aliphatic heterocycles. The van der Waals surface area contributed by atoms with Gasteiger partial charge in [0, 0.05) is 17.1 Å². The van der Waals surface area contributed by atoms with Crippen molar-refractivity contribution in [2.24, 2.45) is 0 Å². The van der Waals surface area contributed by atoms with Gasteiger partial charge in [0.15, 0.2) is 0 Å². The van der Waals surface area contributed by atoms with E-state index in [2.05, 4.69) is 4.98 Å². The number of aliphatic carboxylic acids is 1. The van der Waals surface area contributed by atoms with Crippen LogP contribution in [0.2, 0.25) is 0 Å². The van der Waals surface area contributed by atoms with Crippen LogP contribution < -0.4 is 9.47 Å². The fourth-order valence-corrected chi connectivity index (χ4v) is 2.70. The third-order valence-corrected chi connectivity index (χ3v) is 3.76. The molecule has 1 heterocycles. The summed E-state index contributed by atoms with van der Waals surface area (Å²) in [6.07, 6.45) is 1.84. The Hall–Kier alpha value is -2.95. The van der Waals surface area contributed by atoms with Crippen LogP contribution >= 0.6 is 0 Å². The number of carbonyl (C=O) groups is 1. The Morgan fingerprint density at radius 3 is 2.76 bits per heavy atom. The summed E-state index contributed by atoms with van der Waals surface area (Å²) in [5.41, 5.74) is 2.66. The molecule has 25 heavy (non-hydrogen) atoms. The summed E-state index contributed by atoms with van der Waals surface area (Å²) in [6, 6.07) is 13.5. The number of nitrogens with one attached hydrogen (secondary N) is 1. The quantitative estimate of drug-likeness (QED) is 0.678. The van der Waals surface area contributed by atoms with E-state index >= 15 is 0 Å². The van der Waals surface area contributed by atoms with Crippen LogP contribution in [0.5, 0.6) is 11.5 Å². The highest BCUT2D eigenvalue weighted by atomic mass is 16.5. The van der Waals surface area contributed by atoms with Crippen LogP contribution in [0, 0.1) is 0 Å². The molecule has 1 aromatic heterocycles. The van der Waals surface area contributed by atoms with E-state index in [1.54, 1.807) is 6.20 Å². The number of H-pyrrole nitrogens is 1. The molecule has 0 unspecified atom stereocenters. The average molecular weight is 339 g/mol. The Balaban J connectivity index is 1.73. The zero-order chi connectivity index (χ0) is 17.8. The molecule has 0 atom stereocenters. The molecule has 130 valence electrons. The number of carboxylic acid groups (broad SMARTS) is 1. The van der Waals surface area contributed by atoms with Crippen LogP contribution in [0.25, 0.3) is 10.9 Å². The molecule has 0 spiro atoms. The molecule has 0 bridgehead atoms. The lowest BCUT2D eigenvalue weighted by Gasteiger charge is -2.11. The molecular formula is C20H21NO4. The Morgan fingerprint density at radius 2 is 2.00 bits per heavy atom. The van der Waals surface area contributed by atoms with Crippen LogP contribution in [0.4, 0.5) is 0 Å². The van der Waals surface area contributed by atoms with Crippen molar-refractivity contribution < 1.29 is 19.4 Å². The monoisotopic (exact) mass is 339 g/mol. The largest absolute Gasteiger partial charge is 0.491 e. The molecule has 0 aliphatic carbocycles. The lowest BCUT2D eigenvalue weighted by atomic mass is 10.1. The van der Waals surface area contributed by atoms with Crippen molar-refractivity contribution in [1.82, 2.24) is 4.98 Å². The molecule has 0 radical (unpaired) electrons. The summed E-state index contributed by atoms with van der Waals surface area (Å²) in [5, 5.41) is 9.87. The van der Waals surface area contributed by atoms with Gasteiger partial charge >= 0.3 is 5.97 Å². The van der Waals surface area contributed by atoms with Crippen LogP contribution in [0.15, 0.2) is 48.7 Å². The highest BCUT2D eigenvalue weighted by Crippen LogP contribution is 2.25. The Kier molecular flexibility index (Phi) is 4.93. The molecule has 3 aromatic rings. The summed E-state index contributed by atoms with van der Waals surface area (Å²) in [5.74, 6) is 0.670. The number of rotatable bonds is 7. The molecule has 3 rings (SSSR count). The molecule has 2 aromatic carbocycles. The molecule has 0 amide bonds.